The summed E-state index contributed by atoms with van der Waals surface area (Å²) in [6.07, 6.45) is 0.784. The molecule has 3 aromatic rings. The quantitative estimate of drug-likeness (QED) is 0.802. The first-order chi connectivity index (χ1) is 11.0. The zero-order valence-electron chi connectivity index (χ0n) is 14.6. The van der Waals surface area contributed by atoms with Crippen molar-refractivity contribution >= 4 is 22.5 Å². The van der Waals surface area contributed by atoms with Crippen LogP contribution in [0.4, 0.5) is 11.5 Å². The summed E-state index contributed by atoms with van der Waals surface area (Å²) >= 11 is 0. The fourth-order valence-electron chi connectivity index (χ4n) is 2.82. The van der Waals surface area contributed by atoms with Gasteiger partial charge in [0, 0.05) is 20.0 Å². The Hall–Kier alpha value is -2.44. The number of rotatable bonds is 4. The Morgan fingerprint density at radius 3 is 2.30 bits per heavy atom. The third-order valence-electron chi connectivity index (χ3n) is 4.17. The second-order valence-corrected chi connectivity index (χ2v) is 5.73. The lowest BCUT2D eigenvalue weighted by molar-refractivity contribution is 0.676. The van der Waals surface area contributed by atoms with Crippen LogP contribution in [-0.2, 0) is 20.0 Å². The first-order valence-corrected chi connectivity index (χ1v) is 7.97. The molecule has 3 rings (SSSR count). The van der Waals surface area contributed by atoms with Crippen LogP contribution in [0.25, 0.3) is 11.0 Å². The zero-order valence-corrected chi connectivity index (χ0v) is 14.6. The summed E-state index contributed by atoms with van der Waals surface area (Å²) in [7, 11) is 1.95. The number of nitrogens with one attached hydrogen (secondary N) is 1. The monoisotopic (exact) mass is 313 g/mol. The Balaban J connectivity index is 2.22. The number of fused-ring (bicyclic) bond motifs is 1. The van der Waals surface area contributed by atoms with Crippen LogP contribution in [0, 0.1) is 20.8 Å². The smallest absolute Gasteiger partial charge is 0.160 e. The predicted octanol–water partition coefficient (Wildman–Crippen LogP) is 2.81. The summed E-state index contributed by atoms with van der Waals surface area (Å²) < 4.78 is 3.83. The van der Waals surface area contributed by atoms with Crippen molar-refractivity contribution in [3.05, 3.63) is 22.9 Å². The molecule has 0 aliphatic carbocycles. The minimum Gasteiger partial charge on any atom is -0.335 e. The van der Waals surface area contributed by atoms with Crippen LogP contribution in [0.3, 0.4) is 0 Å². The molecule has 0 fully saturated rings. The van der Waals surface area contributed by atoms with Gasteiger partial charge in [-0.05, 0) is 27.7 Å². The fourth-order valence-corrected chi connectivity index (χ4v) is 2.82. The molecule has 0 radical (unpaired) electrons. The summed E-state index contributed by atoms with van der Waals surface area (Å²) in [5, 5.41) is 12.5. The normalized spacial score (nSPS) is 11.4. The van der Waals surface area contributed by atoms with Gasteiger partial charge in [-0.1, -0.05) is 6.92 Å². The molecule has 23 heavy (non-hydrogen) atoms. The summed E-state index contributed by atoms with van der Waals surface area (Å²) in [6, 6.07) is 0. The molecule has 3 heterocycles. The van der Waals surface area contributed by atoms with Crippen molar-refractivity contribution in [1.82, 2.24) is 29.5 Å². The highest BCUT2D eigenvalue weighted by Gasteiger charge is 2.18. The molecule has 0 unspecified atom stereocenters. The minimum atomic E-state index is 0.777. The van der Waals surface area contributed by atoms with Gasteiger partial charge in [0.25, 0.3) is 0 Å². The summed E-state index contributed by atoms with van der Waals surface area (Å²) in [5.41, 5.74) is 5.82. The van der Waals surface area contributed by atoms with Gasteiger partial charge in [0.05, 0.1) is 22.8 Å². The van der Waals surface area contributed by atoms with Gasteiger partial charge in [0.1, 0.15) is 16.9 Å². The third kappa shape index (κ3) is 2.46. The van der Waals surface area contributed by atoms with E-state index in [1.54, 1.807) is 0 Å². The zero-order chi connectivity index (χ0) is 16.7. The largest absolute Gasteiger partial charge is 0.335 e. The average molecular weight is 313 g/mol. The highest BCUT2D eigenvalue weighted by molar-refractivity contribution is 5.89. The summed E-state index contributed by atoms with van der Waals surface area (Å²) in [6.45, 7) is 10.9. The Labute approximate surface area is 135 Å². The summed E-state index contributed by atoms with van der Waals surface area (Å²) in [4.78, 5) is 9.37. The van der Waals surface area contributed by atoms with Crippen LogP contribution in [0.15, 0.2) is 0 Å². The minimum absolute atomic E-state index is 0.777. The molecule has 0 aromatic carbocycles. The topological polar surface area (TPSA) is 73.5 Å². The molecule has 0 spiro atoms. The SMILES string of the molecule is CCc1nc(Nc2c(C)nn(C)c2C)c2c(n1)c(C)nn2CC. The molecular formula is C16H23N7. The van der Waals surface area contributed by atoms with E-state index < -0.39 is 0 Å². The second-order valence-electron chi connectivity index (χ2n) is 5.73. The van der Waals surface area contributed by atoms with Gasteiger partial charge in [-0.2, -0.15) is 10.2 Å². The number of aromatic nitrogens is 6. The Morgan fingerprint density at radius 1 is 1.00 bits per heavy atom. The molecule has 1 N–H and O–H groups in total. The highest BCUT2D eigenvalue weighted by Crippen LogP contribution is 2.29. The molecule has 0 saturated heterocycles. The van der Waals surface area contributed by atoms with Crippen molar-refractivity contribution in [3.8, 4) is 0 Å². The van der Waals surface area contributed by atoms with Gasteiger partial charge >= 0.3 is 0 Å². The maximum Gasteiger partial charge on any atom is 0.160 e. The number of hydrogen-bond acceptors (Lipinski definition) is 5. The van der Waals surface area contributed by atoms with Crippen molar-refractivity contribution in [1.29, 1.82) is 0 Å². The molecule has 7 nitrogen and oxygen atoms in total. The van der Waals surface area contributed by atoms with E-state index in [0.29, 0.717) is 0 Å². The van der Waals surface area contributed by atoms with E-state index in [1.165, 1.54) is 0 Å². The van der Waals surface area contributed by atoms with Gasteiger partial charge in [-0.25, -0.2) is 9.97 Å². The van der Waals surface area contributed by atoms with Crippen LogP contribution in [0.2, 0.25) is 0 Å². The van der Waals surface area contributed by atoms with Crippen LogP contribution < -0.4 is 5.32 Å². The summed E-state index contributed by atoms with van der Waals surface area (Å²) in [5.74, 6) is 1.62. The molecule has 122 valence electrons. The van der Waals surface area contributed by atoms with Crippen molar-refractivity contribution < 1.29 is 0 Å². The number of nitrogens with zero attached hydrogens (tertiary/aromatic N) is 6. The first kappa shape index (κ1) is 15.5. The molecule has 0 amide bonds. The van der Waals surface area contributed by atoms with E-state index in [-0.39, 0.29) is 0 Å². The maximum atomic E-state index is 4.71. The standard InChI is InChI=1S/C16H23N7/c1-7-12-17-14-10(4)21-23(8-2)15(14)16(18-12)19-13-9(3)20-22(6)11(13)5/h7-8H2,1-6H3,(H,17,18,19). The van der Waals surface area contributed by atoms with Crippen molar-refractivity contribution in [3.63, 3.8) is 0 Å². The second kappa shape index (κ2) is 5.64. The number of anilines is 2. The average Bonchev–Trinajstić information content (AvgIpc) is 2.98. The van der Waals surface area contributed by atoms with E-state index in [1.807, 2.05) is 37.2 Å². The maximum absolute atomic E-state index is 4.71. The van der Waals surface area contributed by atoms with Crippen LogP contribution in [0.1, 0.15) is 36.8 Å². The predicted molar refractivity (Wildman–Crippen MR) is 91.1 cm³/mol. The van der Waals surface area contributed by atoms with E-state index in [2.05, 4.69) is 34.3 Å². The van der Waals surface area contributed by atoms with Gasteiger partial charge in [-0.15, -0.1) is 0 Å². The molecule has 0 aliphatic rings. The van der Waals surface area contributed by atoms with E-state index in [4.69, 9.17) is 4.98 Å². The number of aryl methyl sites for hydroxylation is 5. The Bertz CT molecular complexity index is 873. The van der Waals surface area contributed by atoms with Crippen molar-refractivity contribution in [2.24, 2.45) is 7.05 Å². The highest BCUT2D eigenvalue weighted by atomic mass is 15.3. The molecule has 7 heteroatoms. The lowest BCUT2D eigenvalue weighted by Crippen LogP contribution is -2.05. The Morgan fingerprint density at radius 2 is 1.74 bits per heavy atom. The van der Waals surface area contributed by atoms with E-state index >= 15 is 0 Å². The van der Waals surface area contributed by atoms with Crippen molar-refractivity contribution in [2.45, 2.75) is 47.6 Å². The number of hydrogen-bond donors (Lipinski definition) is 1. The third-order valence-corrected chi connectivity index (χ3v) is 4.17. The fraction of sp³-hybridized carbons (Fsp3) is 0.500. The van der Waals surface area contributed by atoms with E-state index in [0.717, 1.165) is 58.4 Å². The lowest BCUT2D eigenvalue weighted by Gasteiger charge is -2.10. The van der Waals surface area contributed by atoms with Crippen LogP contribution in [-0.4, -0.2) is 29.5 Å². The molecule has 0 saturated carbocycles. The van der Waals surface area contributed by atoms with Gasteiger partial charge < -0.3 is 5.32 Å². The Kier molecular flexibility index (Phi) is 3.79. The van der Waals surface area contributed by atoms with Crippen LogP contribution in [0.5, 0.6) is 0 Å². The molecular weight excluding hydrogens is 290 g/mol. The van der Waals surface area contributed by atoms with Gasteiger partial charge in [0.15, 0.2) is 5.82 Å². The molecule has 3 aromatic heterocycles. The lowest BCUT2D eigenvalue weighted by atomic mass is 10.3. The molecule has 0 bridgehead atoms. The van der Waals surface area contributed by atoms with Crippen molar-refractivity contribution in [2.75, 3.05) is 5.32 Å². The molecule has 0 atom stereocenters. The molecule has 0 aliphatic heterocycles. The first-order valence-electron chi connectivity index (χ1n) is 7.97. The van der Waals surface area contributed by atoms with E-state index in [9.17, 15) is 0 Å². The van der Waals surface area contributed by atoms with Gasteiger partial charge in [-0.3, -0.25) is 9.36 Å². The van der Waals surface area contributed by atoms with Crippen LogP contribution >= 0.6 is 0 Å². The van der Waals surface area contributed by atoms with Gasteiger partial charge in [0.2, 0.25) is 0 Å².